The Morgan fingerprint density at radius 3 is 2.56 bits per heavy atom. The molecule has 1 amide bonds. The Kier molecular flexibility index (Phi) is 4.76. The number of carbonyl (C=O) groups is 1. The molecule has 130 valence electrons. The molecule has 8 heteroatoms. The summed E-state index contributed by atoms with van der Waals surface area (Å²) in [5.41, 5.74) is 0.467. The summed E-state index contributed by atoms with van der Waals surface area (Å²) in [6.45, 7) is 0.911. The van der Waals surface area contributed by atoms with Gasteiger partial charge in [0.15, 0.2) is 11.5 Å². The van der Waals surface area contributed by atoms with Gasteiger partial charge in [0.05, 0.1) is 11.0 Å². The third-order valence-electron chi connectivity index (χ3n) is 3.74. The molecular weight excluding hydrogens is 348 g/mol. The molecule has 0 N–H and O–H groups in total. The van der Waals surface area contributed by atoms with Crippen LogP contribution in [0, 0.1) is 10.1 Å². The van der Waals surface area contributed by atoms with Crippen molar-refractivity contribution < 1.29 is 19.2 Å². The van der Waals surface area contributed by atoms with Gasteiger partial charge >= 0.3 is 0 Å². The molecule has 0 fully saturated rings. The van der Waals surface area contributed by atoms with E-state index in [1.807, 2.05) is 6.07 Å². The number of amides is 1. The predicted octanol–water partition coefficient (Wildman–Crippen LogP) is 3.29. The van der Waals surface area contributed by atoms with Crippen molar-refractivity contribution in [2.45, 2.75) is 6.54 Å². The molecule has 0 bridgehead atoms. The van der Waals surface area contributed by atoms with Crippen molar-refractivity contribution in [3.05, 3.63) is 62.7 Å². The molecule has 7 nitrogen and oxygen atoms in total. The van der Waals surface area contributed by atoms with Crippen LogP contribution < -0.4 is 9.47 Å². The number of ether oxygens (including phenoxy) is 2. The van der Waals surface area contributed by atoms with Gasteiger partial charge in [-0.25, -0.2) is 0 Å². The van der Waals surface area contributed by atoms with Gasteiger partial charge in [-0.15, -0.1) is 0 Å². The first-order valence-corrected chi connectivity index (χ1v) is 7.91. The summed E-state index contributed by atoms with van der Waals surface area (Å²) in [6, 6.07) is 9.68. The quantitative estimate of drug-likeness (QED) is 0.615. The van der Waals surface area contributed by atoms with Gasteiger partial charge in [0.25, 0.3) is 11.6 Å². The number of benzene rings is 2. The SMILES string of the molecule is CN(Cc1cccc(Cl)c1)C(=O)c1cc2c(cc1[N+](=O)[O-])OCCO2. The molecule has 1 aliphatic rings. The summed E-state index contributed by atoms with van der Waals surface area (Å²) in [4.78, 5) is 24.9. The summed E-state index contributed by atoms with van der Waals surface area (Å²) in [5, 5.41) is 11.9. The van der Waals surface area contributed by atoms with Gasteiger partial charge in [-0.1, -0.05) is 23.7 Å². The molecule has 0 radical (unpaired) electrons. The van der Waals surface area contributed by atoms with Crippen LogP contribution in [0.2, 0.25) is 5.02 Å². The van der Waals surface area contributed by atoms with E-state index in [0.717, 1.165) is 5.56 Å². The van der Waals surface area contributed by atoms with Crippen molar-refractivity contribution in [2.24, 2.45) is 0 Å². The van der Waals surface area contributed by atoms with Crippen LogP contribution in [0.4, 0.5) is 5.69 Å². The van der Waals surface area contributed by atoms with Gasteiger partial charge < -0.3 is 14.4 Å². The summed E-state index contributed by atoms with van der Waals surface area (Å²) in [5.74, 6) is 0.118. The first-order chi connectivity index (χ1) is 12.0. The molecule has 1 aliphatic heterocycles. The zero-order chi connectivity index (χ0) is 18.0. The maximum Gasteiger partial charge on any atom is 0.286 e. The average molecular weight is 363 g/mol. The predicted molar refractivity (Wildman–Crippen MR) is 91.3 cm³/mol. The Labute approximate surface area is 148 Å². The molecular formula is C17H15ClN2O5. The largest absolute Gasteiger partial charge is 0.486 e. The first kappa shape index (κ1) is 17.0. The van der Waals surface area contributed by atoms with Crippen molar-refractivity contribution in [2.75, 3.05) is 20.3 Å². The summed E-state index contributed by atoms with van der Waals surface area (Å²) in [6.07, 6.45) is 0. The number of carbonyl (C=O) groups excluding carboxylic acids is 1. The van der Waals surface area contributed by atoms with Crippen LogP contribution in [0.1, 0.15) is 15.9 Å². The van der Waals surface area contributed by atoms with E-state index in [0.29, 0.717) is 24.0 Å². The molecule has 0 unspecified atom stereocenters. The van der Waals surface area contributed by atoms with Gasteiger partial charge in [0.1, 0.15) is 18.8 Å². The number of halogens is 1. The second kappa shape index (κ2) is 6.98. The van der Waals surface area contributed by atoms with E-state index in [9.17, 15) is 14.9 Å². The molecule has 0 aromatic heterocycles. The number of hydrogen-bond donors (Lipinski definition) is 0. The number of rotatable bonds is 4. The van der Waals surface area contributed by atoms with Gasteiger partial charge in [-0.3, -0.25) is 14.9 Å². The smallest absolute Gasteiger partial charge is 0.286 e. The highest BCUT2D eigenvalue weighted by molar-refractivity contribution is 6.30. The first-order valence-electron chi connectivity index (χ1n) is 7.53. The number of hydrogen-bond acceptors (Lipinski definition) is 5. The average Bonchev–Trinajstić information content (AvgIpc) is 2.59. The standard InChI is InChI=1S/C17H15ClN2O5/c1-19(10-11-3-2-4-12(18)7-11)17(21)13-8-15-16(25-6-5-24-15)9-14(13)20(22)23/h2-4,7-9H,5-6,10H2,1H3. The van der Waals surface area contributed by atoms with Crippen molar-refractivity contribution >= 4 is 23.2 Å². The molecule has 2 aromatic carbocycles. The van der Waals surface area contributed by atoms with Gasteiger partial charge in [0, 0.05) is 24.7 Å². The normalized spacial score (nSPS) is 12.6. The minimum absolute atomic E-state index is 0.0428. The van der Waals surface area contributed by atoms with Crippen molar-refractivity contribution in [3.8, 4) is 11.5 Å². The summed E-state index contributed by atoms with van der Waals surface area (Å²) in [7, 11) is 1.57. The van der Waals surface area contributed by atoms with Crippen molar-refractivity contribution in [1.82, 2.24) is 4.90 Å². The maximum absolute atomic E-state index is 12.7. The van der Waals surface area contributed by atoms with Crippen molar-refractivity contribution in [1.29, 1.82) is 0 Å². The number of nitrogens with zero attached hydrogens (tertiary/aromatic N) is 2. The van der Waals surface area contributed by atoms with E-state index in [-0.39, 0.29) is 23.5 Å². The van der Waals surface area contributed by atoms with E-state index in [1.54, 1.807) is 25.2 Å². The van der Waals surface area contributed by atoms with E-state index in [1.165, 1.54) is 17.0 Å². The van der Waals surface area contributed by atoms with Gasteiger partial charge in [-0.2, -0.15) is 0 Å². The lowest BCUT2D eigenvalue weighted by atomic mass is 10.1. The van der Waals surface area contributed by atoms with Crippen LogP contribution in [-0.4, -0.2) is 36.0 Å². The maximum atomic E-state index is 12.7. The molecule has 1 heterocycles. The van der Waals surface area contributed by atoms with E-state index < -0.39 is 10.8 Å². The van der Waals surface area contributed by atoms with Gasteiger partial charge in [-0.05, 0) is 17.7 Å². The van der Waals surface area contributed by atoms with Crippen LogP contribution in [0.3, 0.4) is 0 Å². The highest BCUT2D eigenvalue weighted by Gasteiger charge is 2.28. The fourth-order valence-electron chi connectivity index (χ4n) is 2.59. The fourth-order valence-corrected chi connectivity index (χ4v) is 2.80. The second-order valence-corrected chi connectivity index (χ2v) is 6.00. The highest BCUT2D eigenvalue weighted by Crippen LogP contribution is 2.37. The Hall–Kier alpha value is -2.80. The lowest BCUT2D eigenvalue weighted by Crippen LogP contribution is -2.27. The fraction of sp³-hybridized carbons (Fsp3) is 0.235. The molecule has 25 heavy (non-hydrogen) atoms. The second-order valence-electron chi connectivity index (χ2n) is 5.56. The number of fused-ring (bicyclic) bond motifs is 1. The Morgan fingerprint density at radius 2 is 1.92 bits per heavy atom. The van der Waals surface area contributed by atoms with E-state index in [4.69, 9.17) is 21.1 Å². The van der Waals surface area contributed by atoms with Gasteiger partial charge in [0.2, 0.25) is 0 Å². The Morgan fingerprint density at radius 1 is 1.24 bits per heavy atom. The topological polar surface area (TPSA) is 81.9 Å². The van der Waals surface area contributed by atoms with Crippen LogP contribution in [0.25, 0.3) is 0 Å². The summed E-state index contributed by atoms with van der Waals surface area (Å²) >= 11 is 5.95. The minimum Gasteiger partial charge on any atom is -0.486 e. The van der Waals surface area contributed by atoms with Crippen LogP contribution >= 0.6 is 11.6 Å². The molecule has 0 atom stereocenters. The third kappa shape index (κ3) is 3.66. The lowest BCUT2D eigenvalue weighted by Gasteiger charge is -2.21. The Balaban J connectivity index is 1.91. The lowest BCUT2D eigenvalue weighted by molar-refractivity contribution is -0.385. The van der Waals surface area contributed by atoms with Crippen LogP contribution in [0.15, 0.2) is 36.4 Å². The molecule has 0 spiro atoms. The molecule has 3 rings (SSSR count). The van der Waals surface area contributed by atoms with Crippen LogP contribution in [-0.2, 0) is 6.54 Å². The number of nitro benzene ring substituents is 1. The molecule has 0 aliphatic carbocycles. The highest BCUT2D eigenvalue weighted by atomic mass is 35.5. The van der Waals surface area contributed by atoms with E-state index >= 15 is 0 Å². The van der Waals surface area contributed by atoms with E-state index in [2.05, 4.69) is 0 Å². The zero-order valence-corrected chi connectivity index (χ0v) is 14.2. The molecule has 0 saturated heterocycles. The minimum atomic E-state index is -0.599. The zero-order valence-electron chi connectivity index (χ0n) is 13.4. The monoisotopic (exact) mass is 362 g/mol. The number of nitro groups is 1. The summed E-state index contributed by atoms with van der Waals surface area (Å²) < 4.78 is 10.8. The molecule has 2 aromatic rings. The third-order valence-corrected chi connectivity index (χ3v) is 3.98. The van der Waals surface area contributed by atoms with Crippen LogP contribution in [0.5, 0.6) is 11.5 Å². The Bertz CT molecular complexity index is 840. The van der Waals surface area contributed by atoms with Crippen molar-refractivity contribution in [3.63, 3.8) is 0 Å². The molecule has 0 saturated carbocycles.